The Kier molecular flexibility index (Phi) is 5.46. The molecule has 3 heteroatoms. The molecule has 0 spiro atoms. The maximum absolute atomic E-state index is 3.91. The van der Waals surface area contributed by atoms with Crippen LogP contribution in [-0.2, 0) is 0 Å². The van der Waals surface area contributed by atoms with Crippen LogP contribution in [0.2, 0.25) is 12.6 Å². The molecule has 1 aromatic rings. The average Bonchev–Trinajstić information content (AvgIpc) is 2.46. The van der Waals surface area contributed by atoms with Crippen molar-refractivity contribution in [2.24, 2.45) is 0 Å². The molecule has 1 aliphatic rings. The van der Waals surface area contributed by atoms with Crippen LogP contribution in [-0.4, -0.2) is 23.8 Å². The molecule has 1 aromatic carbocycles. The summed E-state index contributed by atoms with van der Waals surface area (Å²) in [5, 5.41) is 1.62. The van der Waals surface area contributed by atoms with Crippen molar-refractivity contribution in [1.29, 1.82) is 0 Å². The van der Waals surface area contributed by atoms with E-state index in [2.05, 4.69) is 73.1 Å². The van der Waals surface area contributed by atoms with E-state index in [0.29, 0.717) is 0 Å². The van der Waals surface area contributed by atoms with Crippen LogP contribution in [0.4, 0.5) is 0 Å². The lowest BCUT2D eigenvalue weighted by molar-refractivity contribution is 1.10. The van der Waals surface area contributed by atoms with Crippen LogP contribution in [0.25, 0.3) is 0 Å². The van der Waals surface area contributed by atoms with E-state index in [4.69, 9.17) is 0 Å². The Balaban J connectivity index is 2.24. The molecule has 1 unspecified atom stereocenters. The number of thioether (sulfide) groups is 2. The quantitative estimate of drug-likeness (QED) is 0.587. The molecule has 1 fully saturated rings. The first-order valence-corrected chi connectivity index (χ1v) is 11.6. The van der Waals surface area contributed by atoms with Crippen molar-refractivity contribution in [2.75, 3.05) is 11.5 Å². The van der Waals surface area contributed by atoms with Gasteiger partial charge in [-0.05, 0) is 30.4 Å². The van der Waals surface area contributed by atoms with Crippen molar-refractivity contribution in [3.05, 3.63) is 43.0 Å². The highest BCUT2D eigenvalue weighted by Gasteiger charge is 2.39. The summed E-state index contributed by atoms with van der Waals surface area (Å²) in [6.45, 7) is 6.48. The maximum atomic E-state index is 3.91. The van der Waals surface area contributed by atoms with E-state index >= 15 is 0 Å². The van der Waals surface area contributed by atoms with E-state index in [-0.39, 0.29) is 0 Å². The third-order valence-electron chi connectivity index (χ3n) is 3.65. The largest absolute Gasteiger partial charge is 0.151 e. The second kappa shape index (κ2) is 6.87. The van der Waals surface area contributed by atoms with Gasteiger partial charge in [-0.2, -0.15) is 23.5 Å². The van der Waals surface area contributed by atoms with Crippen molar-refractivity contribution < 1.29 is 0 Å². The molecule has 1 atom stereocenters. The standard InChI is InChI=1S/C15H22S2Si/c1-3-4-13-18(2,14-9-6-5-7-10-14)15-16-11-8-12-17-15/h3,5-7,9-10,15H,1,4,8,11-13H2,2H3. The Morgan fingerprint density at radius 1 is 1.28 bits per heavy atom. The molecule has 0 saturated carbocycles. The summed E-state index contributed by atoms with van der Waals surface area (Å²) in [5.74, 6) is 2.70. The maximum Gasteiger partial charge on any atom is 0.109 e. The number of allylic oxidation sites excluding steroid dienone is 1. The van der Waals surface area contributed by atoms with Crippen molar-refractivity contribution in [2.45, 2.75) is 29.6 Å². The minimum absolute atomic E-state index is 0.827. The normalized spacial score (nSPS) is 20.3. The van der Waals surface area contributed by atoms with Crippen LogP contribution in [0.5, 0.6) is 0 Å². The molecule has 1 saturated heterocycles. The van der Waals surface area contributed by atoms with E-state index in [9.17, 15) is 0 Å². The SMILES string of the molecule is C=CCC[Si](C)(c1ccccc1)C1SCCCS1. The first-order chi connectivity index (χ1) is 8.77. The number of hydrogen-bond acceptors (Lipinski definition) is 2. The predicted octanol–water partition coefficient (Wildman–Crippen LogP) is 4.28. The molecule has 0 radical (unpaired) electrons. The summed E-state index contributed by atoms with van der Waals surface area (Å²) in [6, 6.07) is 12.6. The fourth-order valence-electron chi connectivity index (χ4n) is 2.47. The summed E-state index contributed by atoms with van der Waals surface area (Å²) >= 11 is 4.41. The van der Waals surface area contributed by atoms with Gasteiger partial charge in [0.1, 0.15) is 8.07 Å². The summed E-state index contributed by atoms with van der Waals surface area (Å²) in [7, 11) is -1.39. The van der Waals surface area contributed by atoms with Gasteiger partial charge >= 0.3 is 0 Å². The zero-order valence-corrected chi connectivity index (χ0v) is 13.7. The van der Waals surface area contributed by atoms with Gasteiger partial charge in [0.15, 0.2) is 0 Å². The van der Waals surface area contributed by atoms with E-state index < -0.39 is 8.07 Å². The van der Waals surface area contributed by atoms with Crippen LogP contribution in [0.3, 0.4) is 0 Å². The zero-order chi connectivity index (χ0) is 12.8. The van der Waals surface area contributed by atoms with Gasteiger partial charge in [-0.1, -0.05) is 48.1 Å². The fraction of sp³-hybridized carbons (Fsp3) is 0.467. The molecular formula is C15H22S2Si. The molecule has 1 heterocycles. The summed E-state index contributed by atoms with van der Waals surface area (Å²) in [4.78, 5) is 0. The van der Waals surface area contributed by atoms with Crippen molar-refractivity contribution in [1.82, 2.24) is 0 Å². The van der Waals surface area contributed by atoms with Gasteiger partial charge in [-0.15, -0.1) is 6.58 Å². The second-order valence-corrected chi connectivity index (χ2v) is 13.1. The number of rotatable bonds is 5. The molecule has 0 bridgehead atoms. The molecule has 18 heavy (non-hydrogen) atoms. The van der Waals surface area contributed by atoms with Crippen LogP contribution in [0, 0.1) is 0 Å². The Morgan fingerprint density at radius 3 is 2.56 bits per heavy atom. The lowest BCUT2D eigenvalue weighted by Crippen LogP contribution is -2.53. The molecule has 0 N–H and O–H groups in total. The second-order valence-electron chi connectivity index (χ2n) is 5.04. The Bertz CT molecular complexity index is 373. The summed E-state index contributed by atoms with van der Waals surface area (Å²) in [5.41, 5.74) is 0. The minimum Gasteiger partial charge on any atom is -0.151 e. The van der Waals surface area contributed by atoms with Gasteiger partial charge < -0.3 is 0 Å². The number of benzene rings is 1. The third-order valence-corrected chi connectivity index (χ3v) is 14.3. The molecule has 2 rings (SSSR count). The van der Waals surface area contributed by atoms with Gasteiger partial charge in [-0.3, -0.25) is 0 Å². The lowest BCUT2D eigenvalue weighted by Gasteiger charge is -2.37. The van der Waals surface area contributed by atoms with Crippen molar-refractivity contribution in [3.63, 3.8) is 0 Å². The molecule has 0 amide bonds. The highest BCUT2D eigenvalue weighted by Crippen LogP contribution is 2.39. The zero-order valence-electron chi connectivity index (χ0n) is 11.1. The summed E-state index contributed by atoms with van der Waals surface area (Å²) < 4.78 is 0.827. The topological polar surface area (TPSA) is 0 Å². The first-order valence-electron chi connectivity index (χ1n) is 6.67. The molecule has 1 aliphatic heterocycles. The smallest absolute Gasteiger partial charge is 0.109 e. The van der Waals surface area contributed by atoms with Gasteiger partial charge in [0, 0.05) is 4.21 Å². The monoisotopic (exact) mass is 294 g/mol. The van der Waals surface area contributed by atoms with Gasteiger partial charge in [0.25, 0.3) is 0 Å². The van der Waals surface area contributed by atoms with Gasteiger partial charge in [0.2, 0.25) is 0 Å². The van der Waals surface area contributed by atoms with E-state index in [1.807, 2.05) is 0 Å². The Hall–Kier alpha value is -0.123. The van der Waals surface area contributed by atoms with Crippen LogP contribution in [0.1, 0.15) is 12.8 Å². The Morgan fingerprint density at radius 2 is 1.94 bits per heavy atom. The van der Waals surface area contributed by atoms with Crippen molar-refractivity contribution in [3.8, 4) is 0 Å². The number of hydrogen-bond donors (Lipinski definition) is 0. The minimum atomic E-state index is -1.39. The average molecular weight is 295 g/mol. The molecule has 98 valence electrons. The van der Waals surface area contributed by atoms with E-state index in [1.54, 1.807) is 5.19 Å². The summed E-state index contributed by atoms with van der Waals surface area (Å²) in [6.07, 6.45) is 4.63. The van der Waals surface area contributed by atoms with Crippen LogP contribution in [0.15, 0.2) is 43.0 Å². The fourth-order valence-corrected chi connectivity index (χ4v) is 12.4. The van der Waals surface area contributed by atoms with Crippen molar-refractivity contribution >= 4 is 36.8 Å². The first kappa shape index (κ1) is 14.3. The van der Waals surface area contributed by atoms with Crippen LogP contribution < -0.4 is 5.19 Å². The molecular weight excluding hydrogens is 272 g/mol. The lowest BCUT2D eigenvalue weighted by atomic mass is 10.4. The van der Waals surface area contributed by atoms with Gasteiger partial charge in [-0.25, -0.2) is 0 Å². The predicted molar refractivity (Wildman–Crippen MR) is 90.6 cm³/mol. The Labute approximate surface area is 121 Å². The molecule has 0 aromatic heterocycles. The molecule has 0 aliphatic carbocycles. The highest BCUT2D eigenvalue weighted by molar-refractivity contribution is 8.20. The van der Waals surface area contributed by atoms with E-state index in [0.717, 1.165) is 10.6 Å². The molecule has 0 nitrogen and oxygen atoms in total. The third kappa shape index (κ3) is 3.25. The van der Waals surface area contributed by atoms with E-state index in [1.165, 1.54) is 24.0 Å². The van der Waals surface area contributed by atoms with Crippen LogP contribution >= 0.6 is 23.5 Å². The highest BCUT2D eigenvalue weighted by atomic mass is 32.2. The van der Waals surface area contributed by atoms with Gasteiger partial charge in [0.05, 0.1) is 0 Å².